The number of hydrogen-bond acceptors (Lipinski definition) is 3. The van der Waals surface area contributed by atoms with Crippen molar-refractivity contribution < 1.29 is 13.9 Å². The molecule has 0 aromatic heterocycles. The number of methoxy groups -OCH3 is 1. The van der Waals surface area contributed by atoms with Crippen molar-refractivity contribution in [3.05, 3.63) is 58.4 Å². The van der Waals surface area contributed by atoms with Crippen LogP contribution in [0.4, 0.5) is 4.39 Å². The van der Waals surface area contributed by atoms with Crippen molar-refractivity contribution in [3.8, 4) is 23.3 Å². The van der Waals surface area contributed by atoms with Crippen LogP contribution in [0.2, 0.25) is 5.02 Å². The molecule has 0 spiro atoms. The van der Waals surface area contributed by atoms with Crippen molar-refractivity contribution in [2.24, 2.45) is 16.5 Å². The van der Waals surface area contributed by atoms with Gasteiger partial charge in [-0.15, -0.1) is 0 Å². The Morgan fingerprint density at radius 3 is 2.63 bits per heavy atom. The zero-order valence-corrected chi connectivity index (χ0v) is 17.6. The van der Waals surface area contributed by atoms with Crippen LogP contribution in [0, 0.1) is 17.7 Å². The highest BCUT2D eigenvalue weighted by atomic mass is 35.5. The lowest BCUT2D eigenvalue weighted by molar-refractivity contribution is 0.200. The van der Waals surface area contributed by atoms with Crippen LogP contribution < -0.4 is 20.9 Å². The third kappa shape index (κ3) is 5.80. The first-order valence-corrected chi connectivity index (χ1v) is 10.2. The SMILES string of the molecule is COc1ccc(C(C#Cc2ccc(Cl)c(F)c2)CN=C(N)N)cc1OC1CCCC1. The molecule has 1 fully saturated rings. The predicted octanol–water partition coefficient (Wildman–Crippen LogP) is 4.22. The molecule has 2 aromatic carbocycles. The Morgan fingerprint density at radius 1 is 1.20 bits per heavy atom. The molecule has 7 heteroatoms. The molecule has 158 valence electrons. The van der Waals surface area contributed by atoms with Crippen molar-refractivity contribution in [1.29, 1.82) is 0 Å². The molecular weight excluding hydrogens is 405 g/mol. The van der Waals surface area contributed by atoms with Gasteiger partial charge in [0.15, 0.2) is 17.5 Å². The fourth-order valence-electron chi connectivity index (χ4n) is 3.36. The van der Waals surface area contributed by atoms with Gasteiger partial charge in [0.25, 0.3) is 0 Å². The maximum absolute atomic E-state index is 13.7. The minimum Gasteiger partial charge on any atom is -0.493 e. The zero-order chi connectivity index (χ0) is 21.5. The van der Waals surface area contributed by atoms with Gasteiger partial charge in [-0.05, 0) is 61.6 Å². The Bertz CT molecular complexity index is 974. The summed E-state index contributed by atoms with van der Waals surface area (Å²) in [6, 6.07) is 10.1. The van der Waals surface area contributed by atoms with E-state index in [4.69, 9.17) is 32.5 Å². The van der Waals surface area contributed by atoms with Crippen LogP contribution in [-0.4, -0.2) is 25.7 Å². The number of ether oxygens (including phenoxy) is 2. The van der Waals surface area contributed by atoms with E-state index in [0.29, 0.717) is 17.1 Å². The standard InChI is InChI=1S/C23H25ClFN3O2/c1-29-21-11-9-16(13-22(21)30-18-4-2-3-5-18)17(14-28-23(26)27)8-6-15-7-10-19(24)20(25)12-15/h7,9-13,17-18H,2-5,14H2,1H3,(H4,26,27,28). The average molecular weight is 430 g/mol. The van der Waals surface area contributed by atoms with E-state index in [2.05, 4.69) is 16.8 Å². The smallest absolute Gasteiger partial charge is 0.185 e. The van der Waals surface area contributed by atoms with Crippen molar-refractivity contribution in [2.75, 3.05) is 13.7 Å². The molecule has 4 N–H and O–H groups in total. The van der Waals surface area contributed by atoms with Crippen molar-refractivity contribution >= 4 is 17.6 Å². The fourth-order valence-corrected chi connectivity index (χ4v) is 3.48. The monoisotopic (exact) mass is 429 g/mol. The second-order valence-corrected chi connectivity index (χ2v) is 7.56. The first-order valence-electron chi connectivity index (χ1n) is 9.83. The molecule has 5 nitrogen and oxygen atoms in total. The molecule has 0 saturated heterocycles. The normalized spacial score (nSPS) is 14.5. The zero-order valence-electron chi connectivity index (χ0n) is 16.8. The van der Waals surface area contributed by atoms with Gasteiger partial charge in [-0.2, -0.15) is 0 Å². The minimum atomic E-state index is -0.513. The number of guanidine groups is 1. The number of nitrogens with zero attached hydrogens (tertiary/aromatic N) is 1. The molecule has 2 aromatic rings. The Morgan fingerprint density at radius 2 is 1.97 bits per heavy atom. The lowest BCUT2D eigenvalue weighted by Gasteiger charge is -2.18. The van der Waals surface area contributed by atoms with Crippen LogP contribution in [0.25, 0.3) is 0 Å². The largest absolute Gasteiger partial charge is 0.493 e. The van der Waals surface area contributed by atoms with Crippen LogP contribution in [0.1, 0.15) is 42.7 Å². The number of nitrogens with two attached hydrogens (primary N) is 2. The van der Waals surface area contributed by atoms with Gasteiger partial charge < -0.3 is 20.9 Å². The predicted molar refractivity (Wildman–Crippen MR) is 118 cm³/mol. The van der Waals surface area contributed by atoms with Gasteiger partial charge in [-0.25, -0.2) is 4.39 Å². The molecule has 0 heterocycles. The highest BCUT2D eigenvalue weighted by Gasteiger charge is 2.20. The summed E-state index contributed by atoms with van der Waals surface area (Å²) < 4.78 is 25.4. The van der Waals surface area contributed by atoms with Gasteiger partial charge in [0.2, 0.25) is 0 Å². The highest BCUT2D eigenvalue weighted by molar-refractivity contribution is 6.30. The first-order chi connectivity index (χ1) is 14.5. The summed E-state index contributed by atoms with van der Waals surface area (Å²) >= 11 is 5.75. The third-order valence-electron chi connectivity index (χ3n) is 4.95. The summed E-state index contributed by atoms with van der Waals surface area (Å²) in [5, 5.41) is 0.0569. The molecule has 30 heavy (non-hydrogen) atoms. The highest BCUT2D eigenvalue weighted by Crippen LogP contribution is 2.34. The number of hydrogen-bond donors (Lipinski definition) is 2. The van der Waals surface area contributed by atoms with E-state index in [0.717, 1.165) is 18.4 Å². The maximum Gasteiger partial charge on any atom is 0.185 e. The van der Waals surface area contributed by atoms with Crippen LogP contribution >= 0.6 is 11.6 Å². The second-order valence-electron chi connectivity index (χ2n) is 7.15. The summed E-state index contributed by atoms with van der Waals surface area (Å²) in [4.78, 5) is 4.12. The Balaban J connectivity index is 1.91. The summed E-state index contributed by atoms with van der Waals surface area (Å²) in [6.45, 7) is 0.264. The molecule has 0 amide bonds. The Kier molecular flexibility index (Phi) is 7.42. The number of rotatable bonds is 6. The van der Waals surface area contributed by atoms with E-state index in [9.17, 15) is 4.39 Å². The van der Waals surface area contributed by atoms with Gasteiger partial charge in [0, 0.05) is 5.56 Å². The van der Waals surface area contributed by atoms with Crippen molar-refractivity contribution in [2.45, 2.75) is 37.7 Å². The molecule has 1 aliphatic carbocycles. The lowest BCUT2D eigenvalue weighted by Crippen LogP contribution is -2.23. The van der Waals surface area contributed by atoms with Crippen molar-refractivity contribution in [1.82, 2.24) is 0 Å². The van der Waals surface area contributed by atoms with E-state index >= 15 is 0 Å². The van der Waals surface area contributed by atoms with E-state index in [1.807, 2.05) is 18.2 Å². The molecule has 1 unspecified atom stereocenters. The van der Waals surface area contributed by atoms with Gasteiger partial charge in [0.1, 0.15) is 5.82 Å². The molecule has 1 atom stereocenters. The third-order valence-corrected chi connectivity index (χ3v) is 5.26. The molecule has 3 rings (SSSR count). The van der Waals surface area contributed by atoms with E-state index in [1.165, 1.54) is 25.0 Å². The van der Waals surface area contributed by atoms with Crippen LogP contribution in [-0.2, 0) is 0 Å². The summed E-state index contributed by atoms with van der Waals surface area (Å²) in [7, 11) is 1.61. The molecule has 1 aliphatic rings. The maximum atomic E-state index is 13.7. The number of halogens is 2. The van der Waals surface area contributed by atoms with E-state index in [1.54, 1.807) is 13.2 Å². The number of aliphatic imine (C=N–C) groups is 1. The molecule has 0 bridgehead atoms. The number of benzene rings is 2. The Hall–Kier alpha value is -2.91. The molecular formula is C23H25ClFN3O2. The van der Waals surface area contributed by atoms with Crippen LogP contribution in [0.5, 0.6) is 11.5 Å². The van der Waals surface area contributed by atoms with Crippen LogP contribution in [0.3, 0.4) is 0 Å². The van der Waals surface area contributed by atoms with Gasteiger partial charge in [-0.3, -0.25) is 4.99 Å². The fraction of sp³-hybridized carbons (Fsp3) is 0.348. The molecule has 0 radical (unpaired) electrons. The van der Waals surface area contributed by atoms with Gasteiger partial charge in [-0.1, -0.05) is 29.5 Å². The van der Waals surface area contributed by atoms with E-state index < -0.39 is 5.82 Å². The topological polar surface area (TPSA) is 82.9 Å². The minimum absolute atomic E-state index is 0.0183. The van der Waals surface area contributed by atoms with Crippen molar-refractivity contribution in [3.63, 3.8) is 0 Å². The average Bonchev–Trinajstić information content (AvgIpc) is 3.23. The summed E-state index contributed by atoms with van der Waals surface area (Å²) in [6.07, 6.45) is 4.60. The molecule has 1 saturated carbocycles. The second kappa shape index (κ2) is 10.2. The van der Waals surface area contributed by atoms with E-state index in [-0.39, 0.29) is 29.5 Å². The quantitative estimate of drug-likeness (QED) is 0.409. The summed E-state index contributed by atoms with van der Waals surface area (Å²) in [5.74, 6) is 6.62. The summed E-state index contributed by atoms with van der Waals surface area (Å²) in [5.41, 5.74) is 12.4. The molecule has 0 aliphatic heterocycles. The van der Waals surface area contributed by atoms with Gasteiger partial charge in [0.05, 0.1) is 30.7 Å². The van der Waals surface area contributed by atoms with Gasteiger partial charge >= 0.3 is 0 Å². The first kappa shape index (κ1) is 21.8. The van der Waals surface area contributed by atoms with Crippen LogP contribution in [0.15, 0.2) is 41.4 Å². The lowest BCUT2D eigenvalue weighted by atomic mass is 9.98. The Labute approximate surface area is 181 Å².